The molecule has 5 nitrogen and oxygen atoms in total. The van der Waals surface area contributed by atoms with Gasteiger partial charge in [-0.2, -0.15) is 0 Å². The molecular weight excluding hydrogens is 352 g/mol. The lowest BCUT2D eigenvalue weighted by Gasteiger charge is -2.09. The van der Waals surface area contributed by atoms with E-state index in [1.165, 1.54) is 0 Å². The topological polar surface area (TPSA) is 63.5 Å². The first-order valence-electron chi connectivity index (χ1n) is 8.95. The SMILES string of the molecule is COc1ccc(Cn2ccc3ccc(C(=O)Nc4ccccc4O)cc32)cc1. The Hall–Kier alpha value is -3.73. The van der Waals surface area contributed by atoms with Crippen molar-refractivity contribution in [3.8, 4) is 11.5 Å². The average Bonchev–Trinajstić information content (AvgIpc) is 3.12. The molecular formula is C23H20N2O3. The van der Waals surface area contributed by atoms with Gasteiger partial charge in [0.15, 0.2) is 0 Å². The summed E-state index contributed by atoms with van der Waals surface area (Å²) < 4.78 is 7.31. The number of nitrogens with one attached hydrogen (secondary N) is 1. The number of ether oxygens (including phenoxy) is 1. The minimum atomic E-state index is -0.263. The molecule has 0 aliphatic carbocycles. The van der Waals surface area contributed by atoms with Crippen molar-refractivity contribution in [1.82, 2.24) is 4.57 Å². The summed E-state index contributed by atoms with van der Waals surface area (Å²) in [6.45, 7) is 0.693. The molecule has 4 rings (SSSR count). The summed E-state index contributed by atoms with van der Waals surface area (Å²) in [6, 6.07) is 22.2. The molecule has 0 unspecified atom stereocenters. The number of anilines is 1. The van der Waals surface area contributed by atoms with Crippen molar-refractivity contribution < 1.29 is 14.6 Å². The van der Waals surface area contributed by atoms with E-state index >= 15 is 0 Å². The molecule has 0 atom stereocenters. The van der Waals surface area contributed by atoms with E-state index < -0.39 is 0 Å². The number of benzene rings is 3. The third kappa shape index (κ3) is 3.55. The molecule has 28 heavy (non-hydrogen) atoms. The summed E-state index contributed by atoms with van der Waals surface area (Å²) >= 11 is 0. The van der Waals surface area contributed by atoms with Crippen LogP contribution in [0.15, 0.2) is 79.0 Å². The fourth-order valence-electron chi connectivity index (χ4n) is 3.16. The van der Waals surface area contributed by atoms with Crippen LogP contribution >= 0.6 is 0 Å². The van der Waals surface area contributed by atoms with Gasteiger partial charge >= 0.3 is 0 Å². The summed E-state index contributed by atoms with van der Waals surface area (Å²) in [6.07, 6.45) is 2.01. The average molecular weight is 372 g/mol. The van der Waals surface area contributed by atoms with E-state index in [9.17, 15) is 9.90 Å². The Morgan fingerprint density at radius 3 is 2.57 bits per heavy atom. The highest BCUT2D eigenvalue weighted by atomic mass is 16.5. The summed E-state index contributed by atoms with van der Waals surface area (Å²) in [5.74, 6) is 0.602. The first kappa shape index (κ1) is 17.7. The van der Waals surface area contributed by atoms with Crippen molar-refractivity contribution in [2.45, 2.75) is 6.54 Å². The van der Waals surface area contributed by atoms with Crippen LogP contribution in [0.3, 0.4) is 0 Å². The minimum Gasteiger partial charge on any atom is -0.506 e. The second kappa shape index (κ2) is 7.48. The highest BCUT2D eigenvalue weighted by molar-refractivity contribution is 6.06. The predicted octanol–water partition coefficient (Wildman–Crippen LogP) is 4.66. The molecule has 0 saturated carbocycles. The maximum atomic E-state index is 12.6. The monoisotopic (exact) mass is 372 g/mol. The number of aromatic nitrogens is 1. The van der Waals surface area contributed by atoms with Crippen molar-refractivity contribution >= 4 is 22.5 Å². The molecule has 140 valence electrons. The number of nitrogens with zero attached hydrogens (tertiary/aromatic N) is 1. The second-order valence-corrected chi connectivity index (χ2v) is 6.54. The third-order valence-corrected chi connectivity index (χ3v) is 4.70. The van der Waals surface area contributed by atoms with Gasteiger partial charge in [-0.3, -0.25) is 4.79 Å². The Labute approximate surface area is 162 Å². The lowest BCUT2D eigenvalue weighted by molar-refractivity contribution is 0.102. The summed E-state index contributed by atoms with van der Waals surface area (Å²) in [5, 5.41) is 13.7. The lowest BCUT2D eigenvalue weighted by Crippen LogP contribution is -2.12. The van der Waals surface area contributed by atoms with Crippen LogP contribution < -0.4 is 10.1 Å². The van der Waals surface area contributed by atoms with Gasteiger partial charge in [-0.05, 0) is 53.4 Å². The second-order valence-electron chi connectivity index (χ2n) is 6.54. The molecule has 5 heteroatoms. The van der Waals surface area contributed by atoms with Crippen LogP contribution in [0.4, 0.5) is 5.69 Å². The quantitative estimate of drug-likeness (QED) is 0.501. The van der Waals surface area contributed by atoms with Gasteiger partial charge in [0.05, 0.1) is 12.8 Å². The summed E-state index contributed by atoms with van der Waals surface area (Å²) in [4.78, 5) is 12.6. The van der Waals surface area contributed by atoms with E-state index in [2.05, 4.69) is 9.88 Å². The highest BCUT2D eigenvalue weighted by Crippen LogP contribution is 2.24. The maximum absolute atomic E-state index is 12.6. The summed E-state index contributed by atoms with van der Waals surface area (Å²) in [5.41, 5.74) is 3.04. The first-order chi connectivity index (χ1) is 13.6. The van der Waals surface area contributed by atoms with Crippen molar-refractivity contribution in [1.29, 1.82) is 0 Å². The Kier molecular flexibility index (Phi) is 4.72. The van der Waals surface area contributed by atoms with Crippen LogP contribution in [0.2, 0.25) is 0 Å². The highest BCUT2D eigenvalue weighted by Gasteiger charge is 2.11. The number of phenols is 1. The normalized spacial score (nSPS) is 10.8. The zero-order valence-corrected chi connectivity index (χ0v) is 15.4. The van der Waals surface area contributed by atoms with Gasteiger partial charge in [0.25, 0.3) is 5.91 Å². The van der Waals surface area contributed by atoms with Crippen molar-refractivity contribution in [3.05, 3.63) is 90.1 Å². The largest absolute Gasteiger partial charge is 0.506 e. The van der Waals surface area contributed by atoms with E-state index in [1.807, 2.05) is 48.7 Å². The number of rotatable bonds is 5. The van der Waals surface area contributed by atoms with Crippen LogP contribution in [0.25, 0.3) is 10.9 Å². The Morgan fingerprint density at radius 1 is 1.04 bits per heavy atom. The molecule has 0 radical (unpaired) electrons. The van der Waals surface area contributed by atoms with E-state index in [0.29, 0.717) is 17.8 Å². The van der Waals surface area contributed by atoms with Gasteiger partial charge in [0.2, 0.25) is 0 Å². The van der Waals surface area contributed by atoms with Crippen LogP contribution in [0.5, 0.6) is 11.5 Å². The van der Waals surface area contributed by atoms with Crippen LogP contribution in [0.1, 0.15) is 15.9 Å². The van der Waals surface area contributed by atoms with Gasteiger partial charge in [-0.25, -0.2) is 0 Å². The molecule has 3 aromatic carbocycles. The molecule has 0 aliphatic heterocycles. The van der Waals surface area contributed by atoms with Crippen LogP contribution in [-0.2, 0) is 6.54 Å². The fourth-order valence-corrected chi connectivity index (χ4v) is 3.16. The third-order valence-electron chi connectivity index (χ3n) is 4.70. The number of hydrogen-bond acceptors (Lipinski definition) is 3. The molecule has 1 aromatic heterocycles. The Balaban J connectivity index is 1.60. The van der Waals surface area contributed by atoms with Gasteiger partial charge in [0, 0.05) is 23.8 Å². The molecule has 0 aliphatic rings. The molecule has 0 bridgehead atoms. The van der Waals surface area contributed by atoms with Gasteiger partial charge in [-0.1, -0.05) is 30.3 Å². The molecule has 0 spiro atoms. The number of hydrogen-bond donors (Lipinski definition) is 2. The molecule has 0 fully saturated rings. The molecule has 1 heterocycles. The minimum absolute atomic E-state index is 0.0415. The number of fused-ring (bicyclic) bond motifs is 1. The molecule has 2 N–H and O–H groups in total. The number of aromatic hydroxyl groups is 1. The smallest absolute Gasteiger partial charge is 0.255 e. The number of carbonyl (C=O) groups is 1. The van der Waals surface area contributed by atoms with Gasteiger partial charge in [-0.15, -0.1) is 0 Å². The summed E-state index contributed by atoms with van der Waals surface area (Å²) in [7, 11) is 1.65. The Bertz CT molecular complexity index is 1130. The Morgan fingerprint density at radius 2 is 1.82 bits per heavy atom. The number of methoxy groups -OCH3 is 1. The number of carbonyl (C=O) groups excluding carboxylic acids is 1. The first-order valence-corrected chi connectivity index (χ1v) is 8.95. The van der Waals surface area contributed by atoms with E-state index in [1.54, 1.807) is 37.4 Å². The van der Waals surface area contributed by atoms with E-state index in [4.69, 9.17) is 4.74 Å². The lowest BCUT2D eigenvalue weighted by atomic mass is 10.1. The predicted molar refractivity (Wildman–Crippen MR) is 110 cm³/mol. The van der Waals surface area contributed by atoms with Crippen LogP contribution in [-0.4, -0.2) is 22.7 Å². The number of amides is 1. The van der Waals surface area contributed by atoms with E-state index in [0.717, 1.165) is 22.2 Å². The van der Waals surface area contributed by atoms with Crippen molar-refractivity contribution in [2.75, 3.05) is 12.4 Å². The molecule has 1 amide bonds. The van der Waals surface area contributed by atoms with Crippen molar-refractivity contribution in [3.63, 3.8) is 0 Å². The molecule has 4 aromatic rings. The van der Waals surface area contributed by atoms with Crippen molar-refractivity contribution in [2.24, 2.45) is 0 Å². The zero-order valence-electron chi connectivity index (χ0n) is 15.4. The molecule has 0 saturated heterocycles. The number of phenolic OH excluding ortho intramolecular Hbond substituents is 1. The maximum Gasteiger partial charge on any atom is 0.255 e. The standard InChI is InChI=1S/C23H20N2O3/c1-28-19-10-6-16(7-11-19)15-25-13-12-17-8-9-18(14-21(17)25)23(27)24-20-4-2-3-5-22(20)26/h2-14,26H,15H2,1H3,(H,24,27). The van der Waals surface area contributed by atoms with E-state index in [-0.39, 0.29) is 11.7 Å². The van der Waals surface area contributed by atoms with Crippen LogP contribution in [0, 0.1) is 0 Å². The zero-order chi connectivity index (χ0) is 19.5. The van der Waals surface area contributed by atoms with Gasteiger partial charge < -0.3 is 19.7 Å². The van der Waals surface area contributed by atoms with Gasteiger partial charge in [0.1, 0.15) is 11.5 Å². The number of para-hydroxylation sites is 2. The fraction of sp³-hybridized carbons (Fsp3) is 0.0870.